The third-order valence-corrected chi connectivity index (χ3v) is 5.20. The third kappa shape index (κ3) is 2.15. The summed E-state index contributed by atoms with van der Waals surface area (Å²) in [6.07, 6.45) is 3.13. The van der Waals surface area contributed by atoms with Gasteiger partial charge in [0, 0.05) is 11.0 Å². The minimum absolute atomic E-state index is 0.310. The molecule has 0 aliphatic carbocycles. The number of hydrogen-bond acceptors (Lipinski definition) is 4. The molecule has 24 heavy (non-hydrogen) atoms. The molecule has 6 heteroatoms. The molecule has 0 saturated carbocycles. The Kier molecular flexibility index (Phi) is 3.26. The summed E-state index contributed by atoms with van der Waals surface area (Å²) in [6, 6.07) is 10.1. The third-order valence-electron chi connectivity index (χ3n) is 4.57. The van der Waals surface area contributed by atoms with Gasteiger partial charge in [0.15, 0.2) is 5.56 Å². The smallest absolute Gasteiger partial charge is 0.181 e. The highest BCUT2D eigenvalue weighted by Crippen LogP contribution is 2.48. The maximum Gasteiger partial charge on any atom is 0.181 e. The van der Waals surface area contributed by atoms with Gasteiger partial charge in [-0.15, -0.1) is 0 Å². The van der Waals surface area contributed by atoms with Crippen molar-refractivity contribution in [2.45, 2.75) is 31.4 Å². The van der Waals surface area contributed by atoms with E-state index in [1.807, 2.05) is 18.2 Å². The van der Waals surface area contributed by atoms with Crippen LogP contribution in [0.4, 0.5) is 0 Å². The summed E-state index contributed by atoms with van der Waals surface area (Å²) < 4.78 is 7.51. The number of hydrogen-bond donors (Lipinski definition) is 0. The zero-order valence-electron chi connectivity index (χ0n) is 13.3. The second-order valence-corrected chi connectivity index (χ2v) is 6.93. The lowest BCUT2D eigenvalue weighted by Gasteiger charge is -2.22. The van der Waals surface area contributed by atoms with Crippen molar-refractivity contribution in [3.05, 3.63) is 53.6 Å². The number of aromatic nitrogens is 3. The average molecular weight is 339 g/mol. The molecule has 2 aromatic carbocycles. The molecule has 1 atom stereocenters. The Morgan fingerprint density at radius 3 is 2.92 bits per heavy atom. The minimum Gasteiger partial charge on any atom is -0.473 e. The molecule has 3 aromatic rings. The molecule has 1 aromatic heterocycles. The van der Waals surface area contributed by atoms with Crippen molar-refractivity contribution in [3.8, 4) is 11.8 Å². The largest absolute Gasteiger partial charge is 0.473 e. The highest BCUT2D eigenvalue weighted by molar-refractivity contribution is 6.21. The highest BCUT2D eigenvalue weighted by Gasteiger charge is 2.41. The van der Waals surface area contributed by atoms with Crippen LogP contribution in [0.2, 0.25) is 0 Å². The Morgan fingerprint density at radius 2 is 2.21 bits per heavy atom. The predicted molar refractivity (Wildman–Crippen MR) is 91.1 cm³/mol. The number of halogens is 1. The zero-order chi connectivity index (χ0) is 16.9. The van der Waals surface area contributed by atoms with E-state index in [1.54, 1.807) is 11.0 Å². The quantitative estimate of drug-likeness (QED) is 0.670. The van der Waals surface area contributed by atoms with Crippen molar-refractivity contribution in [1.29, 1.82) is 5.26 Å². The number of alkyl halides is 1. The molecule has 0 fully saturated rings. The maximum atomic E-state index is 9.50. The Balaban J connectivity index is 1.95. The fourth-order valence-electron chi connectivity index (χ4n) is 3.26. The normalized spacial score (nSPS) is 18.2. The van der Waals surface area contributed by atoms with E-state index in [-0.39, 0.29) is 5.41 Å². The molecule has 1 unspecified atom stereocenters. The molecule has 0 saturated heterocycles. The first-order chi connectivity index (χ1) is 11.5. The van der Waals surface area contributed by atoms with Crippen LogP contribution >= 0.6 is 11.6 Å². The molecule has 1 aliphatic rings. The van der Waals surface area contributed by atoms with Crippen LogP contribution in [0.15, 0.2) is 36.9 Å². The van der Waals surface area contributed by atoms with E-state index in [0.717, 1.165) is 27.6 Å². The second-order valence-electron chi connectivity index (χ2n) is 6.53. The van der Waals surface area contributed by atoms with Crippen LogP contribution in [0.25, 0.3) is 10.8 Å². The molecule has 1 aliphatic heterocycles. The van der Waals surface area contributed by atoms with Crippen molar-refractivity contribution >= 4 is 22.4 Å². The molecular formula is C18H15ClN4O. The summed E-state index contributed by atoms with van der Waals surface area (Å²) in [5.41, 5.74) is 1.90. The van der Waals surface area contributed by atoms with Gasteiger partial charge >= 0.3 is 0 Å². The van der Waals surface area contributed by atoms with Crippen molar-refractivity contribution in [2.24, 2.45) is 0 Å². The van der Waals surface area contributed by atoms with Crippen LogP contribution in [0.3, 0.4) is 0 Å². The average Bonchev–Trinajstić information content (AvgIpc) is 3.14. The SMILES string of the molecule is CC1(C)c2c(ccc3cc(C#N)c(Cn4cncn4)cc23)OC1Cl. The van der Waals surface area contributed by atoms with Gasteiger partial charge in [-0.3, -0.25) is 0 Å². The number of fused-ring (bicyclic) bond motifs is 3. The molecule has 5 nitrogen and oxygen atoms in total. The molecule has 0 radical (unpaired) electrons. The monoisotopic (exact) mass is 338 g/mol. The van der Waals surface area contributed by atoms with E-state index >= 15 is 0 Å². The van der Waals surface area contributed by atoms with Gasteiger partial charge in [-0.2, -0.15) is 10.4 Å². The van der Waals surface area contributed by atoms with Crippen LogP contribution in [0, 0.1) is 11.3 Å². The molecule has 2 heterocycles. The standard InChI is InChI=1S/C18H15ClN4O/c1-18(2)16-14-6-13(8-23-10-21-9-22-23)12(7-20)5-11(14)3-4-15(16)24-17(18)19/h3-6,9-10,17H,8H2,1-2H3. The van der Waals surface area contributed by atoms with Gasteiger partial charge in [0.05, 0.1) is 18.2 Å². The van der Waals surface area contributed by atoms with Crippen LogP contribution < -0.4 is 4.74 Å². The summed E-state index contributed by atoms with van der Waals surface area (Å²) in [7, 11) is 0. The fourth-order valence-corrected chi connectivity index (χ4v) is 3.46. The van der Waals surface area contributed by atoms with E-state index < -0.39 is 5.56 Å². The van der Waals surface area contributed by atoms with E-state index in [9.17, 15) is 5.26 Å². The summed E-state index contributed by atoms with van der Waals surface area (Å²) in [5.74, 6) is 0.809. The van der Waals surface area contributed by atoms with Gasteiger partial charge in [0.25, 0.3) is 0 Å². The Hall–Kier alpha value is -2.58. The number of ether oxygens (including phenoxy) is 1. The van der Waals surface area contributed by atoms with Gasteiger partial charge in [-0.05, 0) is 34.5 Å². The fraction of sp³-hybridized carbons (Fsp3) is 0.278. The van der Waals surface area contributed by atoms with Crippen LogP contribution in [-0.4, -0.2) is 20.3 Å². The van der Waals surface area contributed by atoms with Gasteiger partial charge in [-0.25, -0.2) is 9.67 Å². The predicted octanol–water partition coefficient (Wildman–Crippen LogP) is 3.59. The maximum absolute atomic E-state index is 9.50. The first-order valence-electron chi connectivity index (χ1n) is 7.64. The van der Waals surface area contributed by atoms with Crippen LogP contribution in [0.1, 0.15) is 30.5 Å². The molecule has 0 N–H and O–H groups in total. The number of nitriles is 1. The highest BCUT2D eigenvalue weighted by atomic mass is 35.5. The zero-order valence-corrected chi connectivity index (χ0v) is 14.1. The lowest BCUT2D eigenvalue weighted by atomic mass is 9.82. The number of benzene rings is 2. The summed E-state index contributed by atoms with van der Waals surface area (Å²) in [5, 5.41) is 15.7. The van der Waals surface area contributed by atoms with Crippen molar-refractivity contribution < 1.29 is 4.74 Å². The van der Waals surface area contributed by atoms with Gasteiger partial charge in [0.1, 0.15) is 18.4 Å². The number of rotatable bonds is 2. The summed E-state index contributed by atoms with van der Waals surface area (Å²) in [6.45, 7) is 4.64. The Bertz CT molecular complexity index is 973. The van der Waals surface area contributed by atoms with E-state index in [0.29, 0.717) is 12.1 Å². The van der Waals surface area contributed by atoms with Gasteiger partial charge < -0.3 is 4.74 Å². The molecular weight excluding hydrogens is 324 g/mol. The van der Waals surface area contributed by atoms with Crippen LogP contribution in [0.5, 0.6) is 5.75 Å². The van der Waals surface area contributed by atoms with Crippen molar-refractivity contribution in [3.63, 3.8) is 0 Å². The lowest BCUT2D eigenvalue weighted by Crippen LogP contribution is -2.26. The molecule has 120 valence electrons. The minimum atomic E-state index is -0.410. The second kappa shape index (κ2) is 5.22. The first kappa shape index (κ1) is 15.0. The van der Waals surface area contributed by atoms with Gasteiger partial charge in [-0.1, -0.05) is 31.5 Å². The Morgan fingerprint density at radius 1 is 1.38 bits per heavy atom. The van der Waals surface area contributed by atoms with Crippen molar-refractivity contribution in [2.75, 3.05) is 0 Å². The van der Waals surface area contributed by atoms with Crippen LogP contribution in [-0.2, 0) is 12.0 Å². The molecule has 0 bridgehead atoms. The van der Waals surface area contributed by atoms with E-state index in [2.05, 4.69) is 36.1 Å². The van der Waals surface area contributed by atoms with E-state index in [1.165, 1.54) is 6.33 Å². The van der Waals surface area contributed by atoms with Gasteiger partial charge in [0.2, 0.25) is 0 Å². The summed E-state index contributed by atoms with van der Waals surface area (Å²) in [4.78, 5) is 3.96. The Labute approximate surface area is 144 Å². The molecule has 0 amide bonds. The topological polar surface area (TPSA) is 63.7 Å². The molecule has 0 spiro atoms. The molecule has 4 rings (SSSR count). The lowest BCUT2D eigenvalue weighted by molar-refractivity contribution is 0.248. The van der Waals surface area contributed by atoms with E-state index in [4.69, 9.17) is 16.3 Å². The summed E-state index contributed by atoms with van der Waals surface area (Å²) >= 11 is 6.39. The number of nitrogens with zero attached hydrogens (tertiary/aromatic N) is 4. The van der Waals surface area contributed by atoms with Crippen molar-refractivity contribution in [1.82, 2.24) is 14.8 Å². The first-order valence-corrected chi connectivity index (χ1v) is 8.07.